The minimum absolute atomic E-state index is 0.160. The van der Waals surface area contributed by atoms with Gasteiger partial charge in [0.05, 0.1) is 12.3 Å². The van der Waals surface area contributed by atoms with E-state index < -0.39 is 0 Å². The molecule has 2 heterocycles. The van der Waals surface area contributed by atoms with Crippen molar-refractivity contribution >= 4 is 12.0 Å². The smallest absolute Gasteiger partial charge is 0.244 e. The number of aryl methyl sites for hydroxylation is 1. The SMILES string of the molecule is Cc1ccc(C(C)NC(=O)C=Cc2ccco2)o1. The van der Waals surface area contributed by atoms with Crippen LogP contribution in [0.1, 0.15) is 30.2 Å². The Balaban J connectivity index is 1.91. The summed E-state index contributed by atoms with van der Waals surface area (Å²) in [4.78, 5) is 11.6. The topological polar surface area (TPSA) is 55.4 Å². The molecular formula is C14H15NO3. The fourth-order valence-corrected chi connectivity index (χ4v) is 1.56. The molecule has 2 aromatic rings. The normalized spacial score (nSPS) is 12.8. The molecule has 0 saturated heterocycles. The zero-order chi connectivity index (χ0) is 13.0. The van der Waals surface area contributed by atoms with Gasteiger partial charge in [-0.15, -0.1) is 0 Å². The van der Waals surface area contributed by atoms with Gasteiger partial charge in [0.1, 0.15) is 17.3 Å². The van der Waals surface area contributed by atoms with E-state index in [1.165, 1.54) is 6.08 Å². The van der Waals surface area contributed by atoms with Crippen LogP contribution in [0.2, 0.25) is 0 Å². The lowest BCUT2D eigenvalue weighted by Crippen LogP contribution is -2.24. The fraction of sp³-hybridized carbons (Fsp3) is 0.214. The van der Waals surface area contributed by atoms with E-state index >= 15 is 0 Å². The van der Waals surface area contributed by atoms with Gasteiger partial charge in [0, 0.05) is 6.08 Å². The monoisotopic (exact) mass is 245 g/mol. The third-order valence-corrected chi connectivity index (χ3v) is 2.49. The van der Waals surface area contributed by atoms with Crippen molar-refractivity contribution in [1.82, 2.24) is 5.32 Å². The number of hydrogen-bond donors (Lipinski definition) is 1. The van der Waals surface area contributed by atoms with Crippen LogP contribution in [0.15, 0.2) is 45.4 Å². The van der Waals surface area contributed by atoms with Gasteiger partial charge in [0.15, 0.2) is 0 Å². The summed E-state index contributed by atoms with van der Waals surface area (Å²) in [7, 11) is 0. The maximum atomic E-state index is 11.6. The minimum Gasteiger partial charge on any atom is -0.465 e. The van der Waals surface area contributed by atoms with Crippen LogP contribution in [0, 0.1) is 6.92 Å². The zero-order valence-electron chi connectivity index (χ0n) is 10.3. The molecule has 1 unspecified atom stereocenters. The van der Waals surface area contributed by atoms with Crippen LogP contribution in [0.5, 0.6) is 0 Å². The van der Waals surface area contributed by atoms with Gasteiger partial charge in [0.2, 0.25) is 5.91 Å². The summed E-state index contributed by atoms with van der Waals surface area (Å²) in [6.07, 6.45) is 4.62. The lowest BCUT2D eigenvalue weighted by atomic mass is 10.2. The Bertz CT molecular complexity index is 537. The van der Waals surface area contributed by atoms with Crippen molar-refractivity contribution < 1.29 is 13.6 Å². The molecule has 2 aromatic heterocycles. The molecule has 0 aliphatic rings. The number of hydrogen-bond acceptors (Lipinski definition) is 3. The van der Waals surface area contributed by atoms with E-state index in [0.29, 0.717) is 5.76 Å². The average Bonchev–Trinajstić information content (AvgIpc) is 2.97. The Labute approximate surface area is 105 Å². The van der Waals surface area contributed by atoms with Crippen LogP contribution in [-0.2, 0) is 4.79 Å². The zero-order valence-corrected chi connectivity index (χ0v) is 10.3. The standard InChI is InChI=1S/C14H15NO3/c1-10-5-7-13(18-10)11(2)15-14(16)8-6-12-4-3-9-17-12/h3-9,11H,1-2H3,(H,15,16). The average molecular weight is 245 g/mol. The Morgan fingerprint density at radius 1 is 1.39 bits per heavy atom. The summed E-state index contributed by atoms with van der Waals surface area (Å²) in [5.74, 6) is 2.03. The second-order valence-electron chi connectivity index (χ2n) is 4.03. The molecule has 94 valence electrons. The van der Waals surface area contributed by atoms with Crippen LogP contribution in [0.25, 0.3) is 6.08 Å². The van der Waals surface area contributed by atoms with Gasteiger partial charge >= 0.3 is 0 Å². The molecule has 0 aromatic carbocycles. The number of rotatable bonds is 4. The van der Waals surface area contributed by atoms with Gasteiger partial charge in [-0.3, -0.25) is 4.79 Å². The molecule has 0 saturated carbocycles. The predicted molar refractivity (Wildman–Crippen MR) is 67.7 cm³/mol. The minimum atomic E-state index is -0.187. The van der Waals surface area contributed by atoms with Crippen molar-refractivity contribution in [3.63, 3.8) is 0 Å². The molecule has 0 radical (unpaired) electrons. The maximum Gasteiger partial charge on any atom is 0.244 e. The summed E-state index contributed by atoms with van der Waals surface area (Å²) >= 11 is 0. The van der Waals surface area contributed by atoms with Gasteiger partial charge in [-0.25, -0.2) is 0 Å². The summed E-state index contributed by atoms with van der Waals surface area (Å²) in [6.45, 7) is 3.74. The van der Waals surface area contributed by atoms with Crippen molar-refractivity contribution in [1.29, 1.82) is 0 Å². The molecule has 4 nitrogen and oxygen atoms in total. The first-order valence-corrected chi connectivity index (χ1v) is 5.73. The first kappa shape index (κ1) is 12.2. The fourth-order valence-electron chi connectivity index (χ4n) is 1.56. The van der Waals surface area contributed by atoms with Gasteiger partial charge < -0.3 is 14.2 Å². The number of nitrogens with one attached hydrogen (secondary N) is 1. The molecule has 4 heteroatoms. The Hall–Kier alpha value is -2.23. The second-order valence-corrected chi connectivity index (χ2v) is 4.03. The molecule has 0 bridgehead atoms. The van der Waals surface area contributed by atoms with Gasteiger partial charge in [-0.1, -0.05) is 0 Å². The number of carbonyl (C=O) groups is 1. The lowest BCUT2D eigenvalue weighted by molar-refractivity contribution is -0.117. The summed E-state index contributed by atoms with van der Waals surface area (Å²) in [5.41, 5.74) is 0. The first-order valence-electron chi connectivity index (χ1n) is 5.73. The van der Waals surface area contributed by atoms with Gasteiger partial charge in [-0.2, -0.15) is 0 Å². The number of amides is 1. The predicted octanol–water partition coefficient (Wildman–Crippen LogP) is 3.07. The van der Waals surface area contributed by atoms with Crippen LogP contribution in [-0.4, -0.2) is 5.91 Å². The number of carbonyl (C=O) groups excluding carboxylic acids is 1. The molecular weight excluding hydrogens is 230 g/mol. The molecule has 18 heavy (non-hydrogen) atoms. The van der Waals surface area contributed by atoms with E-state index in [1.54, 1.807) is 24.5 Å². The van der Waals surface area contributed by atoms with Crippen molar-refractivity contribution in [3.05, 3.63) is 53.9 Å². The Morgan fingerprint density at radius 3 is 2.83 bits per heavy atom. The first-order chi connectivity index (χ1) is 8.65. The van der Waals surface area contributed by atoms with Gasteiger partial charge in [-0.05, 0) is 44.2 Å². The third kappa shape index (κ3) is 3.13. The molecule has 0 fully saturated rings. The molecule has 1 amide bonds. The highest BCUT2D eigenvalue weighted by atomic mass is 16.3. The van der Waals surface area contributed by atoms with Crippen molar-refractivity contribution in [2.45, 2.75) is 19.9 Å². The molecule has 0 aliphatic heterocycles. The van der Waals surface area contributed by atoms with Crippen molar-refractivity contribution in [3.8, 4) is 0 Å². The quantitative estimate of drug-likeness (QED) is 0.842. The molecule has 0 spiro atoms. The van der Waals surface area contributed by atoms with Crippen molar-refractivity contribution in [2.24, 2.45) is 0 Å². The Morgan fingerprint density at radius 2 is 2.22 bits per heavy atom. The van der Waals surface area contributed by atoms with E-state index in [9.17, 15) is 4.79 Å². The molecule has 1 atom stereocenters. The summed E-state index contributed by atoms with van der Waals surface area (Å²) < 4.78 is 10.5. The number of furan rings is 2. The van der Waals surface area contributed by atoms with E-state index in [2.05, 4.69) is 5.32 Å². The largest absolute Gasteiger partial charge is 0.465 e. The summed E-state index contributed by atoms with van der Waals surface area (Å²) in [6, 6.07) is 7.12. The van der Waals surface area contributed by atoms with E-state index in [1.807, 2.05) is 26.0 Å². The molecule has 2 rings (SSSR count). The van der Waals surface area contributed by atoms with E-state index in [-0.39, 0.29) is 11.9 Å². The highest BCUT2D eigenvalue weighted by molar-refractivity contribution is 5.91. The van der Waals surface area contributed by atoms with Crippen LogP contribution in [0.3, 0.4) is 0 Å². The maximum absolute atomic E-state index is 11.6. The third-order valence-electron chi connectivity index (χ3n) is 2.49. The van der Waals surface area contributed by atoms with Crippen LogP contribution >= 0.6 is 0 Å². The van der Waals surface area contributed by atoms with Crippen molar-refractivity contribution in [2.75, 3.05) is 0 Å². The van der Waals surface area contributed by atoms with Crippen LogP contribution < -0.4 is 5.32 Å². The molecule has 0 aliphatic carbocycles. The lowest BCUT2D eigenvalue weighted by Gasteiger charge is -2.09. The van der Waals surface area contributed by atoms with E-state index in [4.69, 9.17) is 8.83 Å². The summed E-state index contributed by atoms with van der Waals surface area (Å²) in [5, 5.41) is 2.81. The highest BCUT2D eigenvalue weighted by Gasteiger charge is 2.10. The van der Waals surface area contributed by atoms with Gasteiger partial charge in [0.25, 0.3) is 0 Å². The molecule has 1 N–H and O–H groups in total. The highest BCUT2D eigenvalue weighted by Crippen LogP contribution is 2.15. The van der Waals surface area contributed by atoms with Crippen LogP contribution in [0.4, 0.5) is 0 Å². The second kappa shape index (κ2) is 5.40. The van der Waals surface area contributed by atoms with E-state index in [0.717, 1.165) is 11.5 Å². The Kier molecular flexibility index (Phi) is 3.67.